The van der Waals surface area contributed by atoms with Crippen LogP contribution in [0.3, 0.4) is 0 Å². The number of hydrogen-bond acceptors (Lipinski definition) is 5. The number of carboxylic acid groups (broad SMARTS) is 1. The van der Waals surface area contributed by atoms with Crippen molar-refractivity contribution < 1.29 is 18.3 Å². The van der Waals surface area contributed by atoms with E-state index in [1.165, 1.54) is 22.5 Å². The summed E-state index contributed by atoms with van der Waals surface area (Å²) in [6.07, 6.45) is 2.84. The number of carbonyl (C=O) groups is 1. The van der Waals surface area contributed by atoms with Crippen molar-refractivity contribution in [3.05, 3.63) is 40.2 Å². The number of sulfonamides is 1. The van der Waals surface area contributed by atoms with Crippen molar-refractivity contribution in [2.75, 3.05) is 13.1 Å². The molecule has 0 amide bonds. The maximum absolute atomic E-state index is 12.8. The number of pyridine rings is 1. The number of aromatic amines is 1. The Morgan fingerprint density at radius 2 is 2.12 bits per heavy atom. The van der Waals surface area contributed by atoms with E-state index in [9.17, 15) is 23.1 Å². The van der Waals surface area contributed by atoms with Gasteiger partial charge < -0.3 is 14.9 Å². The van der Waals surface area contributed by atoms with Gasteiger partial charge in [-0.05, 0) is 37.0 Å². The minimum atomic E-state index is -3.72. The molecule has 1 aliphatic heterocycles. The van der Waals surface area contributed by atoms with Crippen LogP contribution in [0.25, 0.3) is 10.9 Å². The Kier molecular flexibility index (Phi) is 4.18. The Morgan fingerprint density at radius 1 is 1.38 bits per heavy atom. The van der Waals surface area contributed by atoms with Crippen molar-refractivity contribution in [2.24, 2.45) is 5.92 Å². The van der Waals surface area contributed by atoms with E-state index in [0.29, 0.717) is 18.6 Å². The molecule has 0 radical (unpaired) electrons. The van der Waals surface area contributed by atoms with Gasteiger partial charge in [-0.3, -0.25) is 4.79 Å². The molecule has 24 heavy (non-hydrogen) atoms. The van der Waals surface area contributed by atoms with Crippen molar-refractivity contribution in [3.63, 3.8) is 0 Å². The molecule has 1 unspecified atom stereocenters. The molecular formula is C16H17N2O5S-. The van der Waals surface area contributed by atoms with Crippen LogP contribution in [0.2, 0.25) is 0 Å². The minimum absolute atomic E-state index is 0.00917. The second-order valence-corrected chi connectivity index (χ2v) is 8.07. The number of benzene rings is 1. The van der Waals surface area contributed by atoms with Crippen molar-refractivity contribution in [1.82, 2.24) is 9.29 Å². The van der Waals surface area contributed by atoms with Gasteiger partial charge in [0.15, 0.2) is 5.43 Å². The van der Waals surface area contributed by atoms with Gasteiger partial charge >= 0.3 is 0 Å². The first-order chi connectivity index (χ1) is 11.3. The molecule has 7 nitrogen and oxygen atoms in total. The zero-order valence-corrected chi connectivity index (χ0v) is 13.9. The van der Waals surface area contributed by atoms with E-state index < -0.39 is 27.0 Å². The topological polar surface area (TPSA) is 110 Å². The Hall–Kier alpha value is -2.19. The number of nitrogens with zero attached hydrogens (tertiary/aromatic N) is 1. The van der Waals surface area contributed by atoms with Gasteiger partial charge in [0.05, 0.1) is 16.4 Å². The Morgan fingerprint density at radius 3 is 2.79 bits per heavy atom. The molecule has 2 heterocycles. The van der Waals surface area contributed by atoms with Gasteiger partial charge in [0.2, 0.25) is 10.0 Å². The molecule has 1 saturated heterocycles. The zero-order valence-electron chi connectivity index (χ0n) is 13.1. The van der Waals surface area contributed by atoms with Crippen LogP contribution in [-0.4, -0.2) is 36.8 Å². The van der Waals surface area contributed by atoms with Gasteiger partial charge in [0.1, 0.15) is 0 Å². The fraction of sp³-hybridized carbons (Fsp3) is 0.375. The van der Waals surface area contributed by atoms with E-state index in [1.54, 1.807) is 0 Å². The lowest BCUT2D eigenvalue weighted by atomic mass is 10.0. The van der Waals surface area contributed by atoms with E-state index in [4.69, 9.17) is 0 Å². The maximum atomic E-state index is 12.8. The van der Waals surface area contributed by atoms with E-state index >= 15 is 0 Å². The Balaban J connectivity index is 2.11. The summed E-state index contributed by atoms with van der Waals surface area (Å²) in [5.74, 6) is -1.32. The van der Waals surface area contributed by atoms with E-state index in [1.807, 2.05) is 6.92 Å². The molecule has 1 aromatic heterocycles. The van der Waals surface area contributed by atoms with Crippen molar-refractivity contribution in [3.8, 4) is 0 Å². The first-order valence-corrected chi connectivity index (χ1v) is 9.11. The van der Waals surface area contributed by atoms with Crippen molar-refractivity contribution in [1.29, 1.82) is 0 Å². The minimum Gasteiger partial charge on any atom is -0.545 e. The first-order valence-electron chi connectivity index (χ1n) is 7.67. The molecule has 1 fully saturated rings. The molecular weight excluding hydrogens is 332 g/mol. The van der Waals surface area contributed by atoms with Crippen LogP contribution in [-0.2, 0) is 10.0 Å². The summed E-state index contributed by atoms with van der Waals surface area (Å²) < 4.78 is 27.0. The average Bonchev–Trinajstić information content (AvgIpc) is 2.54. The molecule has 3 rings (SSSR count). The third-order valence-electron chi connectivity index (χ3n) is 4.33. The molecule has 0 spiro atoms. The quantitative estimate of drug-likeness (QED) is 0.857. The van der Waals surface area contributed by atoms with E-state index in [-0.39, 0.29) is 16.2 Å². The Bertz CT molecular complexity index is 964. The highest BCUT2D eigenvalue weighted by molar-refractivity contribution is 7.89. The molecule has 128 valence electrons. The number of piperidine rings is 1. The van der Waals surface area contributed by atoms with Gasteiger partial charge in [0, 0.05) is 30.2 Å². The summed E-state index contributed by atoms with van der Waals surface area (Å²) in [4.78, 5) is 25.9. The number of fused-ring (bicyclic) bond motifs is 1. The second kappa shape index (κ2) is 6.03. The predicted molar refractivity (Wildman–Crippen MR) is 86.1 cm³/mol. The van der Waals surface area contributed by atoms with E-state index in [2.05, 4.69) is 4.98 Å². The molecule has 8 heteroatoms. The fourth-order valence-electron chi connectivity index (χ4n) is 3.02. The predicted octanol–water partition coefficient (Wildman–Crippen LogP) is 0.312. The molecule has 0 saturated carbocycles. The van der Waals surface area contributed by atoms with Crippen LogP contribution >= 0.6 is 0 Å². The molecule has 0 bridgehead atoms. The number of carboxylic acids is 1. The highest BCUT2D eigenvalue weighted by Gasteiger charge is 2.29. The SMILES string of the molecule is CC1CCCN(S(=O)(=O)c2ccc3[nH]cc(C(=O)[O-])c(=O)c3c2)C1. The average molecular weight is 349 g/mol. The van der Waals surface area contributed by atoms with Crippen LogP contribution in [0.5, 0.6) is 0 Å². The normalized spacial score (nSPS) is 19.5. The number of hydrogen-bond donors (Lipinski definition) is 1. The van der Waals surface area contributed by atoms with Gasteiger partial charge in [-0.1, -0.05) is 6.92 Å². The summed E-state index contributed by atoms with van der Waals surface area (Å²) >= 11 is 0. The first kappa shape index (κ1) is 16.7. The fourth-order valence-corrected chi connectivity index (χ4v) is 4.65. The van der Waals surface area contributed by atoms with Crippen LogP contribution in [0.4, 0.5) is 0 Å². The number of aromatic nitrogens is 1. The second-order valence-electron chi connectivity index (χ2n) is 6.14. The number of aromatic carboxylic acids is 1. The van der Waals surface area contributed by atoms with Gasteiger partial charge in [-0.15, -0.1) is 0 Å². The highest BCUT2D eigenvalue weighted by Crippen LogP contribution is 2.24. The summed E-state index contributed by atoms with van der Waals surface area (Å²) in [5.41, 5.74) is -0.910. The summed E-state index contributed by atoms with van der Waals surface area (Å²) in [6, 6.07) is 4.12. The smallest absolute Gasteiger partial charge is 0.243 e. The van der Waals surface area contributed by atoms with Gasteiger partial charge in [0.25, 0.3) is 0 Å². The molecule has 1 N–H and O–H groups in total. The number of H-pyrrole nitrogens is 1. The van der Waals surface area contributed by atoms with Crippen LogP contribution < -0.4 is 10.5 Å². The maximum Gasteiger partial charge on any atom is 0.243 e. The lowest BCUT2D eigenvalue weighted by Crippen LogP contribution is -2.39. The third-order valence-corrected chi connectivity index (χ3v) is 6.19. The number of carbonyl (C=O) groups excluding carboxylic acids is 1. The van der Waals surface area contributed by atoms with Crippen LogP contribution in [0.1, 0.15) is 30.1 Å². The third kappa shape index (κ3) is 2.83. The number of rotatable bonds is 3. The largest absolute Gasteiger partial charge is 0.545 e. The number of nitrogens with one attached hydrogen (secondary N) is 1. The highest BCUT2D eigenvalue weighted by atomic mass is 32.2. The molecule has 1 aliphatic rings. The van der Waals surface area contributed by atoms with Crippen LogP contribution in [0, 0.1) is 5.92 Å². The molecule has 1 atom stereocenters. The summed E-state index contributed by atoms with van der Waals surface area (Å²) in [7, 11) is -3.72. The lowest BCUT2D eigenvalue weighted by molar-refractivity contribution is -0.255. The van der Waals surface area contributed by atoms with Crippen LogP contribution in [0.15, 0.2) is 34.1 Å². The summed E-state index contributed by atoms with van der Waals surface area (Å²) in [6.45, 7) is 2.88. The molecule has 1 aromatic carbocycles. The van der Waals surface area contributed by atoms with Gasteiger partial charge in [-0.2, -0.15) is 4.31 Å². The lowest BCUT2D eigenvalue weighted by Gasteiger charge is -2.30. The molecule has 0 aliphatic carbocycles. The van der Waals surface area contributed by atoms with Crippen molar-refractivity contribution in [2.45, 2.75) is 24.7 Å². The standard InChI is InChI=1S/C16H18N2O5S/c1-10-3-2-6-18(9-10)24(22,23)11-4-5-14-12(7-11)15(19)13(8-17-14)16(20)21/h4-5,7-8,10H,2-3,6,9H2,1H3,(H,17,19)(H,20,21)/p-1. The monoisotopic (exact) mass is 349 g/mol. The Labute approximate surface area is 139 Å². The van der Waals surface area contributed by atoms with E-state index in [0.717, 1.165) is 19.0 Å². The van der Waals surface area contributed by atoms with Crippen molar-refractivity contribution >= 4 is 26.9 Å². The zero-order chi connectivity index (χ0) is 17.5. The molecule has 2 aromatic rings. The van der Waals surface area contributed by atoms with Gasteiger partial charge in [-0.25, -0.2) is 8.42 Å². The summed E-state index contributed by atoms with van der Waals surface area (Å²) in [5, 5.41) is 11.0.